The minimum Gasteiger partial charge on any atom is -0.265 e. The molecule has 2 rings (SSSR count). The molecule has 0 atom stereocenters. The van der Waals surface area contributed by atoms with Gasteiger partial charge in [0.05, 0.1) is 10.6 Å². The maximum Gasteiger partial charge on any atom is 0.182 e. The first-order valence-corrected chi connectivity index (χ1v) is 6.60. The summed E-state index contributed by atoms with van der Waals surface area (Å²) in [4.78, 5) is 3.94. The third-order valence-electron chi connectivity index (χ3n) is 2.28. The molecule has 1 aromatic carbocycles. The first-order chi connectivity index (χ1) is 8.08. The van der Waals surface area contributed by atoms with Gasteiger partial charge in [-0.1, -0.05) is 0 Å². The Balaban J connectivity index is 2.29. The number of rotatable bonds is 3. The number of pyridine rings is 1. The van der Waals surface area contributed by atoms with Gasteiger partial charge in [-0.3, -0.25) is 4.98 Å². The van der Waals surface area contributed by atoms with Gasteiger partial charge in [-0.15, -0.1) is 0 Å². The molecule has 1 heterocycles. The Morgan fingerprint density at radius 3 is 2.18 bits per heavy atom. The van der Waals surface area contributed by atoms with E-state index in [-0.39, 0.29) is 10.6 Å². The zero-order valence-corrected chi connectivity index (χ0v) is 9.69. The molecule has 1 aromatic heterocycles. The average molecular weight is 251 g/mol. The molecule has 88 valence electrons. The lowest BCUT2D eigenvalue weighted by atomic mass is 10.3. The quantitative estimate of drug-likeness (QED) is 0.786. The SMILES string of the molecule is O=S(=O)(Cc1ccncc1)c1ccc(F)cc1. The molecule has 17 heavy (non-hydrogen) atoms. The lowest BCUT2D eigenvalue weighted by Gasteiger charge is -2.04. The van der Waals surface area contributed by atoms with E-state index in [0.717, 1.165) is 12.1 Å². The first-order valence-electron chi connectivity index (χ1n) is 4.95. The Bertz CT molecular complexity index is 594. The van der Waals surface area contributed by atoms with Gasteiger partial charge >= 0.3 is 0 Å². The Morgan fingerprint density at radius 2 is 1.59 bits per heavy atom. The fraction of sp³-hybridized carbons (Fsp3) is 0.0833. The summed E-state index contributed by atoms with van der Waals surface area (Å²) in [6.07, 6.45) is 3.07. The normalized spacial score (nSPS) is 11.4. The summed E-state index contributed by atoms with van der Waals surface area (Å²) >= 11 is 0. The average Bonchev–Trinajstić information content (AvgIpc) is 2.30. The molecule has 0 bridgehead atoms. The fourth-order valence-corrected chi connectivity index (χ4v) is 2.77. The van der Waals surface area contributed by atoms with Crippen LogP contribution in [0.25, 0.3) is 0 Å². The lowest BCUT2D eigenvalue weighted by Crippen LogP contribution is -2.04. The second-order valence-corrected chi connectivity index (χ2v) is 5.56. The molecule has 0 saturated carbocycles. The summed E-state index contributed by atoms with van der Waals surface area (Å²) in [7, 11) is -3.42. The van der Waals surface area contributed by atoms with Gasteiger partial charge in [0, 0.05) is 12.4 Å². The molecular formula is C12H10FNO2S. The van der Waals surface area contributed by atoms with Gasteiger partial charge < -0.3 is 0 Å². The molecule has 0 saturated heterocycles. The van der Waals surface area contributed by atoms with E-state index in [2.05, 4.69) is 4.98 Å². The van der Waals surface area contributed by atoms with Crippen molar-refractivity contribution >= 4 is 9.84 Å². The number of benzene rings is 1. The molecule has 0 unspecified atom stereocenters. The van der Waals surface area contributed by atoms with Gasteiger partial charge in [0.15, 0.2) is 9.84 Å². The molecule has 3 nitrogen and oxygen atoms in total. The van der Waals surface area contributed by atoms with Crippen LogP contribution in [0.2, 0.25) is 0 Å². The summed E-state index contributed by atoms with van der Waals surface area (Å²) in [6.45, 7) is 0. The molecule has 0 aliphatic rings. The monoisotopic (exact) mass is 251 g/mol. The topological polar surface area (TPSA) is 47.0 Å². The van der Waals surface area contributed by atoms with Crippen molar-refractivity contribution < 1.29 is 12.8 Å². The molecule has 0 aliphatic carbocycles. The van der Waals surface area contributed by atoms with E-state index in [0.29, 0.717) is 5.56 Å². The fourth-order valence-electron chi connectivity index (χ4n) is 1.42. The molecule has 0 radical (unpaired) electrons. The highest BCUT2D eigenvalue weighted by atomic mass is 32.2. The summed E-state index contributed by atoms with van der Waals surface area (Å²) < 4.78 is 36.6. The van der Waals surface area contributed by atoms with Crippen LogP contribution in [0.1, 0.15) is 5.56 Å². The largest absolute Gasteiger partial charge is 0.265 e. The number of hydrogen-bond acceptors (Lipinski definition) is 3. The second-order valence-electron chi connectivity index (χ2n) is 3.57. The zero-order valence-electron chi connectivity index (χ0n) is 8.88. The number of sulfone groups is 1. The minimum atomic E-state index is -3.42. The van der Waals surface area contributed by atoms with Crippen molar-refractivity contribution in [2.75, 3.05) is 0 Å². The maximum absolute atomic E-state index is 12.7. The van der Waals surface area contributed by atoms with Gasteiger partial charge in [0.1, 0.15) is 5.82 Å². The smallest absolute Gasteiger partial charge is 0.182 e. The third kappa shape index (κ3) is 2.88. The Labute approximate surface area is 98.9 Å². The molecule has 5 heteroatoms. The molecule has 2 aromatic rings. The predicted octanol–water partition coefficient (Wildman–Crippen LogP) is 2.19. The summed E-state index contributed by atoms with van der Waals surface area (Å²) in [5, 5.41) is 0. The Hall–Kier alpha value is -1.75. The molecular weight excluding hydrogens is 241 g/mol. The number of hydrogen-bond donors (Lipinski definition) is 0. The second kappa shape index (κ2) is 4.63. The molecule has 0 N–H and O–H groups in total. The lowest BCUT2D eigenvalue weighted by molar-refractivity contribution is 0.594. The highest BCUT2D eigenvalue weighted by Crippen LogP contribution is 2.16. The van der Waals surface area contributed by atoms with Crippen LogP contribution in [0, 0.1) is 5.82 Å². The van der Waals surface area contributed by atoms with Crippen LogP contribution >= 0.6 is 0 Å². The van der Waals surface area contributed by atoms with E-state index in [1.54, 1.807) is 12.1 Å². The van der Waals surface area contributed by atoms with Crippen LogP contribution in [-0.4, -0.2) is 13.4 Å². The van der Waals surface area contributed by atoms with Gasteiger partial charge in [-0.05, 0) is 42.0 Å². The van der Waals surface area contributed by atoms with E-state index < -0.39 is 15.7 Å². The van der Waals surface area contributed by atoms with Crippen molar-refractivity contribution in [3.8, 4) is 0 Å². The summed E-state index contributed by atoms with van der Waals surface area (Å²) in [6, 6.07) is 8.10. The van der Waals surface area contributed by atoms with E-state index in [9.17, 15) is 12.8 Å². The number of aromatic nitrogens is 1. The van der Waals surface area contributed by atoms with Gasteiger partial charge in [0.25, 0.3) is 0 Å². The first kappa shape index (κ1) is 11.7. The molecule has 0 fully saturated rings. The highest BCUT2D eigenvalue weighted by molar-refractivity contribution is 7.90. The summed E-state index contributed by atoms with van der Waals surface area (Å²) in [5.74, 6) is -0.561. The van der Waals surface area contributed by atoms with Crippen LogP contribution < -0.4 is 0 Å². The van der Waals surface area contributed by atoms with Crippen LogP contribution in [-0.2, 0) is 15.6 Å². The van der Waals surface area contributed by atoms with Crippen LogP contribution in [0.4, 0.5) is 4.39 Å². The van der Waals surface area contributed by atoms with Crippen molar-refractivity contribution in [2.45, 2.75) is 10.6 Å². The minimum absolute atomic E-state index is 0.110. The van der Waals surface area contributed by atoms with Crippen LogP contribution in [0.5, 0.6) is 0 Å². The van der Waals surface area contributed by atoms with Crippen molar-refractivity contribution in [2.24, 2.45) is 0 Å². The Kier molecular flexibility index (Phi) is 3.19. The van der Waals surface area contributed by atoms with Gasteiger partial charge in [-0.25, -0.2) is 12.8 Å². The van der Waals surface area contributed by atoms with Crippen molar-refractivity contribution in [3.05, 3.63) is 60.2 Å². The van der Waals surface area contributed by atoms with E-state index in [1.807, 2.05) is 0 Å². The zero-order chi connectivity index (χ0) is 12.3. The number of nitrogens with zero attached hydrogens (tertiary/aromatic N) is 1. The summed E-state index contributed by atoms with van der Waals surface area (Å²) in [5.41, 5.74) is 0.657. The van der Waals surface area contributed by atoms with Crippen molar-refractivity contribution in [3.63, 3.8) is 0 Å². The maximum atomic E-state index is 12.7. The van der Waals surface area contributed by atoms with Crippen LogP contribution in [0.15, 0.2) is 53.7 Å². The van der Waals surface area contributed by atoms with Crippen molar-refractivity contribution in [1.29, 1.82) is 0 Å². The van der Waals surface area contributed by atoms with Gasteiger partial charge in [-0.2, -0.15) is 0 Å². The van der Waals surface area contributed by atoms with E-state index in [1.165, 1.54) is 24.5 Å². The standard InChI is InChI=1S/C12H10FNO2S/c13-11-1-3-12(4-2-11)17(15,16)9-10-5-7-14-8-6-10/h1-8H,9H2. The molecule has 0 spiro atoms. The molecule has 0 amide bonds. The number of halogens is 1. The Morgan fingerprint density at radius 1 is 1.00 bits per heavy atom. The third-order valence-corrected chi connectivity index (χ3v) is 3.98. The van der Waals surface area contributed by atoms with E-state index >= 15 is 0 Å². The van der Waals surface area contributed by atoms with Crippen LogP contribution in [0.3, 0.4) is 0 Å². The van der Waals surface area contributed by atoms with Gasteiger partial charge in [0.2, 0.25) is 0 Å². The molecule has 0 aliphatic heterocycles. The highest BCUT2D eigenvalue weighted by Gasteiger charge is 2.14. The van der Waals surface area contributed by atoms with E-state index in [4.69, 9.17) is 0 Å². The predicted molar refractivity (Wildman–Crippen MR) is 61.5 cm³/mol. The van der Waals surface area contributed by atoms with Crippen molar-refractivity contribution in [1.82, 2.24) is 4.98 Å².